The lowest BCUT2D eigenvalue weighted by molar-refractivity contribution is -0.0528. The van der Waals surface area contributed by atoms with Crippen LogP contribution in [0, 0.1) is 12.7 Å². The summed E-state index contributed by atoms with van der Waals surface area (Å²) in [5.74, 6) is 0.120. The van der Waals surface area contributed by atoms with Gasteiger partial charge in [0, 0.05) is 16.1 Å². The van der Waals surface area contributed by atoms with Crippen LogP contribution in [-0.4, -0.2) is 33.0 Å². The Morgan fingerprint density at radius 1 is 1.00 bits per heavy atom. The second-order valence-corrected chi connectivity index (χ2v) is 21.7. The van der Waals surface area contributed by atoms with Crippen molar-refractivity contribution in [3.05, 3.63) is 41.8 Å². The van der Waals surface area contributed by atoms with Gasteiger partial charge in [-0.15, -0.1) is 0 Å². The number of hydrogen-bond donors (Lipinski definition) is 0. The Kier molecular flexibility index (Phi) is 6.73. The van der Waals surface area contributed by atoms with E-state index in [9.17, 15) is 8.78 Å². The van der Waals surface area contributed by atoms with Crippen LogP contribution in [0.4, 0.5) is 13.2 Å². The average molecular weight is 547 g/mol. The topological polar surface area (TPSA) is 57.4 Å². The number of ether oxygens (including phenoxy) is 1. The van der Waals surface area contributed by atoms with Gasteiger partial charge in [-0.25, -0.2) is 14.4 Å². The molecule has 0 bridgehead atoms. The Morgan fingerprint density at radius 2 is 1.68 bits per heavy atom. The third kappa shape index (κ3) is 5.26. The second-order valence-electron chi connectivity index (χ2n) is 12.0. The lowest BCUT2D eigenvalue weighted by Gasteiger charge is -2.37. The van der Waals surface area contributed by atoms with E-state index in [-0.39, 0.29) is 22.5 Å². The van der Waals surface area contributed by atoms with Crippen molar-refractivity contribution in [2.24, 2.45) is 0 Å². The molecule has 0 amide bonds. The maximum Gasteiger partial charge on any atom is 0.388 e. The molecule has 2 heterocycles. The zero-order valence-corrected chi connectivity index (χ0v) is 24.7. The molecule has 0 saturated carbocycles. The van der Waals surface area contributed by atoms with E-state index in [0.29, 0.717) is 33.1 Å². The van der Waals surface area contributed by atoms with E-state index < -0.39 is 23.0 Å². The minimum absolute atomic E-state index is 0.0959. The van der Waals surface area contributed by atoms with Crippen LogP contribution in [0.3, 0.4) is 0 Å². The van der Waals surface area contributed by atoms with Gasteiger partial charge in [0.05, 0.1) is 25.3 Å². The van der Waals surface area contributed by atoms with Crippen molar-refractivity contribution >= 4 is 43.6 Å². The first-order valence-electron chi connectivity index (χ1n) is 12.2. The molecule has 0 aliphatic heterocycles. The molecule has 37 heavy (non-hydrogen) atoms. The van der Waals surface area contributed by atoms with Gasteiger partial charge in [0.2, 0.25) is 5.88 Å². The Labute approximate surface area is 217 Å². The number of hydrogen-bond acceptors (Lipinski definition) is 5. The molecular formula is C27H33F3N2O3Si2. The van der Waals surface area contributed by atoms with E-state index in [4.69, 9.17) is 8.84 Å². The average Bonchev–Trinajstić information content (AvgIpc) is 3.13. The maximum atomic E-state index is 16.1. The number of benzene rings is 2. The lowest BCUT2D eigenvalue weighted by atomic mass is 10.1. The minimum Gasteiger partial charge on any atom is -0.542 e. The molecule has 0 atom stereocenters. The lowest BCUT2D eigenvalue weighted by Crippen LogP contribution is -2.45. The zero-order chi connectivity index (χ0) is 27.5. The van der Waals surface area contributed by atoms with Crippen molar-refractivity contribution in [2.45, 2.75) is 72.1 Å². The highest BCUT2D eigenvalue weighted by Crippen LogP contribution is 2.40. The summed E-state index contributed by atoms with van der Waals surface area (Å²) in [4.78, 5) is 8.53. The van der Waals surface area contributed by atoms with Crippen LogP contribution in [0.25, 0.3) is 33.3 Å². The first-order valence-corrected chi connectivity index (χ1v) is 18.6. The van der Waals surface area contributed by atoms with Gasteiger partial charge in [0.15, 0.2) is 5.82 Å². The molecule has 198 valence electrons. The molecule has 0 fully saturated rings. The van der Waals surface area contributed by atoms with Crippen LogP contribution in [0.2, 0.25) is 37.8 Å². The summed E-state index contributed by atoms with van der Waals surface area (Å²) >= 11 is 0. The van der Waals surface area contributed by atoms with E-state index in [0.717, 1.165) is 17.1 Å². The largest absolute Gasteiger partial charge is 0.542 e. The third-order valence-electron chi connectivity index (χ3n) is 6.88. The highest BCUT2D eigenvalue weighted by atomic mass is 28.4. The number of aryl methyl sites for hydroxylation is 1. The molecule has 0 saturated heterocycles. The van der Waals surface area contributed by atoms with Crippen LogP contribution >= 0.6 is 0 Å². The third-order valence-corrected chi connectivity index (χ3v) is 13.2. The van der Waals surface area contributed by atoms with Gasteiger partial charge in [-0.05, 0) is 54.9 Å². The van der Waals surface area contributed by atoms with Crippen molar-refractivity contribution in [2.75, 3.05) is 0 Å². The molecule has 4 rings (SSSR count). The van der Waals surface area contributed by atoms with Crippen molar-refractivity contribution in [3.8, 4) is 23.0 Å². The number of rotatable bonds is 6. The summed E-state index contributed by atoms with van der Waals surface area (Å²) in [6.45, 7) is 15.6. The highest BCUT2D eigenvalue weighted by Gasteiger charge is 2.40. The van der Waals surface area contributed by atoms with E-state index in [1.54, 1.807) is 12.1 Å². The van der Waals surface area contributed by atoms with Gasteiger partial charge in [-0.2, -0.15) is 8.78 Å². The van der Waals surface area contributed by atoms with E-state index in [2.05, 4.69) is 68.2 Å². The molecule has 0 spiro atoms. The van der Waals surface area contributed by atoms with E-state index in [1.807, 2.05) is 19.1 Å². The zero-order valence-electron chi connectivity index (χ0n) is 22.7. The van der Waals surface area contributed by atoms with Crippen LogP contribution in [-0.2, 0) is 0 Å². The molecular weight excluding hydrogens is 513 g/mol. The van der Waals surface area contributed by atoms with Crippen LogP contribution < -0.4 is 14.3 Å². The number of alkyl halides is 2. The molecule has 0 unspecified atom stereocenters. The fraction of sp³-hybridized carbons (Fsp3) is 0.407. The number of aromatic nitrogens is 2. The molecule has 0 aliphatic rings. The second kappa shape index (κ2) is 9.16. The Bertz CT molecular complexity index is 1490. The van der Waals surface area contributed by atoms with Crippen LogP contribution in [0.15, 0.2) is 34.9 Å². The summed E-state index contributed by atoms with van der Waals surface area (Å²) < 4.78 is 58.6. The summed E-state index contributed by atoms with van der Waals surface area (Å²) in [6.07, 6.45) is 1.16. The molecule has 2 aromatic heterocycles. The van der Waals surface area contributed by atoms with Gasteiger partial charge in [0.25, 0.3) is 8.32 Å². The van der Waals surface area contributed by atoms with Gasteiger partial charge < -0.3 is 13.6 Å². The summed E-state index contributed by atoms with van der Waals surface area (Å²) in [7, 11) is -4.52. The van der Waals surface area contributed by atoms with Crippen LogP contribution in [0.1, 0.15) is 26.3 Å². The fourth-order valence-corrected chi connectivity index (χ4v) is 6.69. The normalized spacial score (nSPS) is 13.1. The predicted molar refractivity (Wildman–Crippen MR) is 147 cm³/mol. The summed E-state index contributed by atoms with van der Waals surface area (Å²) in [5.41, 5.74) is 2.84. The SMILES string of the molecule is Cc1cc(-c2cc3cc(O[Si](C)(C)C(C)(C)C)c(F)c([Si](C)(C)C)c3o2)c2ncc(OC(F)F)nc2c1. The van der Waals surface area contributed by atoms with Crippen molar-refractivity contribution in [1.29, 1.82) is 0 Å². The smallest absolute Gasteiger partial charge is 0.388 e. The van der Waals surface area contributed by atoms with Gasteiger partial charge in [-0.3, -0.25) is 0 Å². The van der Waals surface area contributed by atoms with Crippen molar-refractivity contribution < 1.29 is 26.8 Å². The quantitative estimate of drug-likeness (QED) is 0.229. The Balaban J connectivity index is 1.94. The molecule has 2 aromatic carbocycles. The first-order chi connectivity index (χ1) is 17.0. The molecule has 4 aromatic rings. The van der Waals surface area contributed by atoms with E-state index in [1.165, 1.54) is 0 Å². The highest BCUT2D eigenvalue weighted by molar-refractivity contribution is 6.90. The Hall–Kier alpha value is -2.86. The first kappa shape index (κ1) is 27.2. The fourth-order valence-electron chi connectivity index (χ4n) is 4.02. The number of nitrogens with zero attached hydrogens (tertiary/aromatic N) is 2. The molecule has 0 N–H and O–H groups in total. The summed E-state index contributed by atoms with van der Waals surface area (Å²) in [5, 5.41) is 1.21. The maximum absolute atomic E-state index is 16.1. The molecule has 10 heteroatoms. The molecule has 0 aliphatic carbocycles. The monoisotopic (exact) mass is 546 g/mol. The van der Waals surface area contributed by atoms with Crippen LogP contribution in [0.5, 0.6) is 11.6 Å². The number of furan rings is 1. The van der Waals surface area contributed by atoms with Gasteiger partial charge >= 0.3 is 6.61 Å². The Morgan fingerprint density at radius 3 is 2.27 bits per heavy atom. The minimum atomic E-state index is -3.00. The van der Waals surface area contributed by atoms with Crippen molar-refractivity contribution in [3.63, 3.8) is 0 Å². The standard InChI is InChI=1S/C27H33F3N2O3Si2/c1-15-10-17(23-18(11-15)32-21(14-31-23)34-26(29)30)19-12-16-13-20(35-37(8,9)27(2,3)4)22(28)25(24(16)33-19)36(5,6)7/h10-14,26H,1-9H3. The number of halogens is 3. The van der Waals surface area contributed by atoms with Gasteiger partial charge in [-0.1, -0.05) is 40.4 Å². The number of fused-ring (bicyclic) bond motifs is 2. The van der Waals surface area contributed by atoms with Gasteiger partial charge in [0.1, 0.15) is 17.1 Å². The molecule has 0 radical (unpaired) electrons. The summed E-state index contributed by atoms with van der Waals surface area (Å²) in [6, 6.07) is 7.21. The molecule has 5 nitrogen and oxygen atoms in total. The van der Waals surface area contributed by atoms with Crippen molar-refractivity contribution in [1.82, 2.24) is 9.97 Å². The predicted octanol–water partition coefficient (Wildman–Crippen LogP) is 8.02. The van der Waals surface area contributed by atoms with E-state index >= 15 is 4.39 Å².